The third kappa shape index (κ3) is 5.12. The maximum absolute atomic E-state index is 11.6. The molecule has 6 N–H and O–H groups in total. The summed E-state index contributed by atoms with van der Waals surface area (Å²) >= 11 is 0. The molecule has 19 heavy (non-hydrogen) atoms. The highest BCUT2D eigenvalue weighted by Gasteiger charge is 2.27. The molecule has 0 aromatic rings. The van der Waals surface area contributed by atoms with Crippen LogP contribution in [-0.4, -0.2) is 46.3 Å². The molecule has 0 heterocycles. The predicted octanol–water partition coefficient (Wildman–Crippen LogP) is -0.517. The van der Waals surface area contributed by atoms with Gasteiger partial charge in [0.15, 0.2) is 0 Å². The van der Waals surface area contributed by atoms with Gasteiger partial charge in [0.1, 0.15) is 6.04 Å². The lowest BCUT2D eigenvalue weighted by Gasteiger charge is -2.29. The summed E-state index contributed by atoms with van der Waals surface area (Å²) < 4.78 is 0. The van der Waals surface area contributed by atoms with Crippen LogP contribution in [0.4, 0.5) is 4.79 Å². The highest BCUT2D eigenvalue weighted by molar-refractivity contribution is 5.86. The van der Waals surface area contributed by atoms with Crippen molar-refractivity contribution < 1.29 is 24.6 Å². The first kappa shape index (κ1) is 15.2. The monoisotopic (exact) mass is 273 g/mol. The number of carboxylic acid groups (broad SMARTS) is 2. The van der Waals surface area contributed by atoms with Crippen LogP contribution < -0.4 is 16.4 Å². The number of carbonyl (C=O) groups excluding carboxylic acids is 1. The van der Waals surface area contributed by atoms with E-state index in [2.05, 4.69) is 10.6 Å². The molecule has 1 aliphatic rings. The molecule has 8 nitrogen and oxygen atoms in total. The quantitative estimate of drug-likeness (QED) is 0.456. The van der Waals surface area contributed by atoms with Crippen LogP contribution in [0.15, 0.2) is 0 Å². The van der Waals surface area contributed by atoms with Crippen molar-refractivity contribution in [2.45, 2.75) is 50.2 Å². The molecule has 0 radical (unpaired) electrons. The highest BCUT2D eigenvalue weighted by Crippen LogP contribution is 2.16. The number of hydrogen-bond acceptors (Lipinski definition) is 4. The van der Waals surface area contributed by atoms with Gasteiger partial charge in [0, 0.05) is 12.1 Å². The van der Waals surface area contributed by atoms with Crippen molar-refractivity contribution in [3.05, 3.63) is 0 Å². The highest BCUT2D eigenvalue weighted by atomic mass is 16.4. The largest absolute Gasteiger partial charge is 0.481 e. The van der Waals surface area contributed by atoms with Gasteiger partial charge in [-0.1, -0.05) is 12.8 Å². The number of rotatable bonds is 5. The fourth-order valence-electron chi connectivity index (χ4n) is 2.08. The zero-order valence-electron chi connectivity index (χ0n) is 10.5. The molecule has 2 amide bonds. The smallest absolute Gasteiger partial charge is 0.326 e. The Hall–Kier alpha value is -1.83. The van der Waals surface area contributed by atoms with Gasteiger partial charge >= 0.3 is 18.0 Å². The summed E-state index contributed by atoms with van der Waals surface area (Å²) in [5.41, 5.74) is 5.85. The van der Waals surface area contributed by atoms with Gasteiger partial charge in [-0.3, -0.25) is 4.79 Å². The van der Waals surface area contributed by atoms with Crippen molar-refractivity contribution in [2.75, 3.05) is 0 Å². The predicted molar refractivity (Wildman–Crippen MR) is 65.6 cm³/mol. The van der Waals surface area contributed by atoms with E-state index in [1.54, 1.807) is 0 Å². The average Bonchev–Trinajstić information content (AvgIpc) is 2.30. The molecule has 1 aliphatic carbocycles. The third-order valence-corrected chi connectivity index (χ3v) is 3.12. The van der Waals surface area contributed by atoms with Gasteiger partial charge in [-0.25, -0.2) is 9.59 Å². The first-order valence-electron chi connectivity index (χ1n) is 6.17. The van der Waals surface area contributed by atoms with Gasteiger partial charge in [0.25, 0.3) is 0 Å². The van der Waals surface area contributed by atoms with E-state index in [0.29, 0.717) is 0 Å². The van der Waals surface area contributed by atoms with E-state index in [0.717, 1.165) is 25.7 Å². The number of nitrogens with one attached hydrogen (secondary N) is 2. The minimum absolute atomic E-state index is 0.151. The second-order valence-corrected chi connectivity index (χ2v) is 4.66. The number of nitrogens with two attached hydrogens (primary N) is 1. The van der Waals surface area contributed by atoms with Crippen molar-refractivity contribution in [1.29, 1.82) is 0 Å². The Kier molecular flexibility index (Phi) is 5.56. The minimum Gasteiger partial charge on any atom is -0.481 e. The van der Waals surface area contributed by atoms with Gasteiger partial charge in [0.2, 0.25) is 0 Å². The van der Waals surface area contributed by atoms with E-state index in [1.165, 1.54) is 0 Å². The molecule has 0 aromatic heterocycles. The summed E-state index contributed by atoms with van der Waals surface area (Å²) in [6.45, 7) is 0. The third-order valence-electron chi connectivity index (χ3n) is 3.12. The van der Waals surface area contributed by atoms with Crippen molar-refractivity contribution >= 4 is 18.0 Å². The molecule has 0 aromatic carbocycles. The van der Waals surface area contributed by atoms with Crippen LogP contribution in [-0.2, 0) is 9.59 Å². The van der Waals surface area contributed by atoms with Crippen LogP contribution in [0, 0.1) is 0 Å². The molecular weight excluding hydrogens is 254 g/mol. The Morgan fingerprint density at radius 2 is 1.84 bits per heavy atom. The summed E-state index contributed by atoms with van der Waals surface area (Å²) in [5, 5.41) is 22.1. The molecule has 1 saturated carbocycles. The summed E-state index contributed by atoms with van der Waals surface area (Å²) in [4.78, 5) is 32.9. The lowest BCUT2D eigenvalue weighted by Crippen LogP contribution is -2.55. The van der Waals surface area contributed by atoms with Crippen LogP contribution in [0.3, 0.4) is 0 Å². The fraction of sp³-hybridized carbons (Fsp3) is 0.727. The minimum atomic E-state index is -1.45. The van der Waals surface area contributed by atoms with Crippen molar-refractivity contribution in [1.82, 2.24) is 10.6 Å². The molecule has 0 bridgehead atoms. The summed E-state index contributed by atoms with van der Waals surface area (Å²) in [5.74, 6) is -2.67. The number of carboxylic acids is 2. The maximum Gasteiger partial charge on any atom is 0.326 e. The SMILES string of the molecule is NC1CCCCC1NC(=O)N[C@@H](CC(=O)O)C(=O)O. The van der Waals surface area contributed by atoms with Crippen molar-refractivity contribution in [3.8, 4) is 0 Å². The Morgan fingerprint density at radius 3 is 2.37 bits per heavy atom. The Bertz CT molecular complexity index is 360. The Morgan fingerprint density at radius 1 is 1.21 bits per heavy atom. The van der Waals surface area contributed by atoms with Gasteiger partial charge in [-0.15, -0.1) is 0 Å². The molecular formula is C11H19N3O5. The van der Waals surface area contributed by atoms with Crippen molar-refractivity contribution in [3.63, 3.8) is 0 Å². The summed E-state index contributed by atoms with van der Waals surface area (Å²) in [7, 11) is 0. The Labute approximate surface area is 110 Å². The number of amides is 2. The topological polar surface area (TPSA) is 142 Å². The van der Waals surface area contributed by atoms with Crippen LogP contribution in [0.2, 0.25) is 0 Å². The van der Waals surface area contributed by atoms with Gasteiger partial charge < -0.3 is 26.6 Å². The fourth-order valence-corrected chi connectivity index (χ4v) is 2.08. The second-order valence-electron chi connectivity index (χ2n) is 4.66. The summed E-state index contributed by atoms with van der Waals surface area (Å²) in [6, 6.07) is -2.50. The van der Waals surface area contributed by atoms with E-state index >= 15 is 0 Å². The molecule has 2 unspecified atom stereocenters. The number of urea groups is 1. The number of hydrogen-bond donors (Lipinski definition) is 5. The first-order valence-corrected chi connectivity index (χ1v) is 6.17. The molecule has 0 spiro atoms. The normalized spacial score (nSPS) is 24.3. The van der Waals surface area contributed by atoms with Crippen LogP contribution in [0.25, 0.3) is 0 Å². The molecule has 3 atom stereocenters. The molecule has 0 aliphatic heterocycles. The first-order chi connectivity index (χ1) is 8.90. The zero-order valence-corrected chi connectivity index (χ0v) is 10.5. The molecule has 108 valence electrons. The zero-order chi connectivity index (χ0) is 14.4. The lowest BCUT2D eigenvalue weighted by atomic mass is 9.91. The van der Waals surface area contributed by atoms with Gasteiger partial charge in [-0.05, 0) is 12.8 Å². The average molecular weight is 273 g/mol. The number of aliphatic carboxylic acids is 2. The molecule has 8 heteroatoms. The van der Waals surface area contributed by atoms with E-state index in [-0.39, 0.29) is 12.1 Å². The molecule has 1 fully saturated rings. The standard InChI is InChI=1S/C11H19N3O5/c12-6-3-1-2-4-7(6)13-11(19)14-8(10(17)18)5-9(15)16/h6-8H,1-5,12H2,(H,15,16)(H,17,18)(H2,13,14,19)/t6?,7?,8-/m0/s1. The van der Waals surface area contributed by atoms with E-state index in [4.69, 9.17) is 15.9 Å². The van der Waals surface area contributed by atoms with E-state index in [1.807, 2.05) is 0 Å². The molecule has 0 saturated heterocycles. The maximum atomic E-state index is 11.6. The van der Waals surface area contributed by atoms with Crippen LogP contribution >= 0.6 is 0 Å². The summed E-state index contributed by atoms with van der Waals surface area (Å²) in [6.07, 6.45) is 2.85. The van der Waals surface area contributed by atoms with Gasteiger partial charge in [-0.2, -0.15) is 0 Å². The Balaban J connectivity index is 2.47. The molecule has 1 rings (SSSR count). The van der Waals surface area contributed by atoms with Crippen LogP contribution in [0.1, 0.15) is 32.1 Å². The number of carbonyl (C=O) groups is 3. The van der Waals surface area contributed by atoms with Crippen LogP contribution in [0.5, 0.6) is 0 Å². The second kappa shape index (κ2) is 6.93. The lowest BCUT2D eigenvalue weighted by molar-refractivity contribution is -0.145. The van der Waals surface area contributed by atoms with E-state index < -0.39 is 30.4 Å². The van der Waals surface area contributed by atoms with Crippen molar-refractivity contribution in [2.24, 2.45) is 5.73 Å². The van der Waals surface area contributed by atoms with Gasteiger partial charge in [0.05, 0.1) is 6.42 Å². The van der Waals surface area contributed by atoms with E-state index in [9.17, 15) is 14.4 Å².